The molecule has 0 spiro atoms. The molecule has 8 heteroatoms. The lowest BCUT2D eigenvalue weighted by Crippen LogP contribution is -2.49. The number of rotatable bonds is 10. The smallest absolute Gasteiger partial charge is 0.261 e. The van der Waals surface area contributed by atoms with Crippen molar-refractivity contribution >= 4 is 39.3 Å². The fourth-order valence-electron chi connectivity index (χ4n) is 2.82. The summed E-state index contributed by atoms with van der Waals surface area (Å²) >= 11 is 9.52. The number of halogens is 2. The molecule has 0 heterocycles. The summed E-state index contributed by atoms with van der Waals surface area (Å²) in [7, 11) is 1.58. The van der Waals surface area contributed by atoms with Crippen molar-refractivity contribution < 1.29 is 19.1 Å². The molecule has 0 radical (unpaired) electrons. The molecule has 0 bridgehead atoms. The Labute approximate surface area is 197 Å². The third kappa shape index (κ3) is 7.74. The summed E-state index contributed by atoms with van der Waals surface area (Å²) in [5.74, 6) is 0.846. The van der Waals surface area contributed by atoms with E-state index in [0.29, 0.717) is 29.0 Å². The van der Waals surface area contributed by atoms with Crippen LogP contribution >= 0.6 is 27.5 Å². The Kier molecular flexibility index (Phi) is 9.65. The minimum atomic E-state index is -0.679. The monoisotopic (exact) mass is 510 g/mol. The van der Waals surface area contributed by atoms with Crippen LogP contribution in [0.25, 0.3) is 0 Å². The van der Waals surface area contributed by atoms with Gasteiger partial charge >= 0.3 is 0 Å². The first-order valence-corrected chi connectivity index (χ1v) is 11.2. The molecule has 0 aromatic heterocycles. The topological polar surface area (TPSA) is 67.9 Å². The summed E-state index contributed by atoms with van der Waals surface area (Å²) in [5, 5.41) is 3.28. The lowest BCUT2D eigenvalue weighted by Gasteiger charge is -2.29. The average Bonchev–Trinajstić information content (AvgIpc) is 2.74. The molecule has 2 aromatic rings. The molecule has 0 saturated heterocycles. The number of hydrogen-bond acceptors (Lipinski definition) is 4. The molecule has 0 aliphatic heterocycles. The van der Waals surface area contributed by atoms with Gasteiger partial charge in [-0.3, -0.25) is 9.59 Å². The summed E-state index contributed by atoms with van der Waals surface area (Å²) in [6, 6.07) is 11.9. The van der Waals surface area contributed by atoms with E-state index < -0.39 is 6.04 Å². The number of methoxy groups -OCH3 is 1. The maximum atomic E-state index is 13.1. The third-order valence-corrected chi connectivity index (χ3v) is 5.37. The standard InChI is InChI=1S/C23H28BrClN2O4/c1-15(2)12-26-23(29)16(3)27(13-17-6-5-7-19(10-17)30-4)22(28)14-31-21-9-8-18(24)11-20(21)25/h5-11,15-16H,12-14H2,1-4H3,(H,26,29). The highest BCUT2D eigenvalue weighted by atomic mass is 79.9. The highest BCUT2D eigenvalue weighted by molar-refractivity contribution is 9.10. The summed E-state index contributed by atoms with van der Waals surface area (Å²) in [6.45, 7) is 6.27. The van der Waals surface area contributed by atoms with Crippen molar-refractivity contribution in [3.8, 4) is 11.5 Å². The Morgan fingerprint density at radius 1 is 1.16 bits per heavy atom. The van der Waals surface area contributed by atoms with Crippen LogP contribution in [0.1, 0.15) is 26.3 Å². The van der Waals surface area contributed by atoms with Gasteiger partial charge in [0.1, 0.15) is 17.5 Å². The first kappa shape index (κ1) is 25.0. The normalized spacial score (nSPS) is 11.7. The Balaban J connectivity index is 2.18. The van der Waals surface area contributed by atoms with Gasteiger partial charge in [-0.05, 0) is 48.7 Å². The molecular weight excluding hydrogens is 484 g/mol. The molecule has 1 unspecified atom stereocenters. The van der Waals surface area contributed by atoms with Gasteiger partial charge in [0, 0.05) is 17.6 Å². The van der Waals surface area contributed by atoms with Gasteiger partial charge in [0.15, 0.2) is 6.61 Å². The van der Waals surface area contributed by atoms with Crippen molar-refractivity contribution in [3.63, 3.8) is 0 Å². The Morgan fingerprint density at radius 2 is 1.90 bits per heavy atom. The molecule has 0 aliphatic carbocycles. The van der Waals surface area contributed by atoms with Crippen molar-refractivity contribution in [2.75, 3.05) is 20.3 Å². The second-order valence-electron chi connectivity index (χ2n) is 7.55. The van der Waals surface area contributed by atoms with E-state index in [4.69, 9.17) is 21.1 Å². The SMILES string of the molecule is COc1cccc(CN(C(=O)COc2ccc(Br)cc2Cl)C(C)C(=O)NCC(C)C)c1. The molecule has 6 nitrogen and oxygen atoms in total. The van der Waals surface area contributed by atoms with E-state index in [2.05, 4.69) is 21.2 Å². The maximum absolute atomic E-state index is 13.1. The highest BCUT2D eigenvalue weighted by Crippen LogP contribution is 2.28. The van der Waals surface area contributed by atoms with Crippen LogP contribution in [-0.4, -0.2) is 43.0 Å². The number of nitrogens with zero attached hydrogens (tertiary/aromatic N) is 1. The van der Waals surface area contributed by atoms with Gasteiger partial charge in [0.05, 0.1) is 12.1 Å². The van der Waals surface area contributed by atoms with Crippen molar-refractivity contribution in [3.05, 3.63) is 57.5 Å². The fourth-order valence-corrected chi connectivity index (χ4v) is 3.55. The van der Waals surface area contributed by atoms with Gasteiger partial charge in [0.25, 0.3) is 5.91 Å². The average molecular weight is 512 g/mol. The predicted molar refractivity (Wildman–Crippen MR) is 126 cm³/mol. The first-order chi connectivity index (χ1) is 14.7. The van der Waals surface area contributed by atoms with Gasteiger partial charge < -0.3 is 19.7 Å². The van der Waals surface area contributed by atoms with Gasteiger partial charge in [-0.25, -0.2) is 0 Å². The summed E-state index contributed by atoms with van der Waals surface area (Å²) in [5.41, 5.74) is 0.845. The summed E-state index contributed by atoms with van der Waals surface area (Å²) in [4.78, 5) is 27.2. The number of amides is 2. The third-order valence-electron chi connectivity index (χ3n) is 4.58. The van der Waals surface area contributed by atoms with Crippen LogP contribution in [0.2, 0.25) is 5.02 Å². The largest absolute Gasteiger partial charge is 0.497 e. The van der Waals surface area contributed by atoms with E-state index in [-0.39, 0.29) is 25.0 Å². The molecular formula is C23H28BrClN2O4. The van der Waals surface area contributed by atoms with E-state index >= 15 is 0 Å². The molecule has 1 N–H and O–H groups in total. The number of carbonyl (C=O) groups is 2. The molecule has 0 saturated carbocycles. The van der Waals surface area contributed by atoms with Crippen LogP contribution < -0.4 is 14.8 Å². The van der Waals surface area contributed by atoms with Crippen LogP contribution in [0.4, 0.5) is 0 Å². The van der Waals surface area contributed by atoms with Crippen LogP contribution in [0.15, 0.2) is 46.9 Å². The molecule has 168 valence electrons. The number of carbonyl (C=O) groups excluding carboxylic acids is 2. The van der Waals surface area contributed by atoms with Gasteiger partial charge in [0.2, 0.25) is 5.91 Å². The highest BCUT2D eigenvalue weighted by Gasteiger charge is 2.27. The van der Waals surface area contributed by atoms with Crippen LogP contribution in [0.5, 0.6) is 11.5 Å². The minimum absolute atomic E-state index is 0.216. The predicted octanol–water partition coefficient (Wildman–Crippen LogP) is 4.68. The number of benzene rings is 2. The molecule has 2 aromatic carbocycles. The lowest BCUT2D eigenvalue weighted by molar-refractivity contribution is -0.142. The molecule has 2 amide bonds. The van der Waals surface area contributed by atoms with Crippen LogP contribution in [-0.2, 0) is 16.1 Å². The molecule has 1 atom stereocenters. The van der Waals surface area contributed by atoms with Gasteiger partial charge in [-0.15, -0.1) is 0 Å². The second kappa shape index (κ2) is 12.0. The molecule has 0 fully saturated rings. The summed E-state index contributed by atoms with van der Waals surface area (Å²) < 4.78 is 11.7. The first-order valence-electron chi connectivity index (χ1n) is 9.99. The number of nitrogens with one attached hydrogen (secondary N) is 1. The zero-order chi connectivity index (χ0) is 23.0. The Hall–Kier alpha value is -2.25. The molecule has 0 aliphatic rings. The van der Waals surface area contributed by atoms with E-state index in [0.717, 1.165) is 10.0 Å². The van der Waals surface area contributed by atoms with E-state index in [9.17, 15) is 9.59 Å². The van der Waals surface area contributed by atoms with E-state index in [1.807, 2.05) is 38.1 Å². The van der Waals surface area contributed by atoms with Crippen molar-refractivity contribution in [2.45, 2.75) is 33.4 Å². The van der Waals surface area contributed by atoms with Crippen molar-refractivity contribution in [2.24, 2.45) is 5.92 Å². The fraction of sp³-hybridized carbons (Fsp3) is 0.391. The lowest BCUT2D eigenvalue weighted by atomic mass is 10.1. The van der Waals surface area contributed by atoms with Gasteiger partial charge in [-0.1, -0.05) is 53.5 Å². The zero-order valence-electron chi connectivity index (χ0n) is 18.2. The second-order valence-corrected chi connectivity index (χ2v) is 8.87. The van der Waals surface area contributed by atoms with Crippen LogP contribution in [0.3, 0.4) is 0 Å². The maximum Gasteiger partial charge on any atom is 0.261 e. The van der Waals surface area contributed by atoms with E-state index in [1.165, 1.54) is 4.90 Å². The van der Waals surface area contributed by atoms with Crippen molar-refractivity contribution in [1.29, 1.82) is 0 Å². The zero-order valence-corrected chi connectivity index (χ0v) is 20.5. The quantitative estimate of drug-likeness (QED) is 0.503. The Morgan fingerprint density at radius 3 is 2.55 bits per heavy atom. The van der Waals surface area contributed by atoms with Crippen molar-refractivity contribution in [1.82, 2.24) is 10.2 Å². The minimum Gasteiger partial charge on any atom is -0.497 e. The molecule has 2 rings (SSSR count). The number of hydrogen-bond donors (Lipinski definition) is 1. The number of ether oxygens (including phenoxy) is 2. The van der Waals surface area contributed by atoms with E-state index in [1.54, 1.807) is 32.2 Å². The Bertz CT molecular complexity index is 907. The summed E-state index contributed by atoms with van der Waals surface area (Å²) in [6.07, 6.45) is 0. The van der Waals surface area contributed by atoms with Crippen LogP contribution in [0, 0.1) is 5.92 Å². The van der Waals surface area contributed by atoms with Gasteiger partial charge in [-0.2, -0.15) is 0 Å². The molecule has 31 heavy (non-hydrogen) atoms.